The number of H-pyrrole nitrogens is 1. The molecule has 0 saturated carbocycles. The Morgan fingerprint density at radius 2 is 1.90 bits per heavy atom. The Hall–Kier alpha value is -3.35. The molecule has 0 aliphatic heterocycles. The number of fused-ring (bicyclic) bond motifs is 1. The maximum absolute atomic E-state index is 12.7. The molecule has 1 aromatic carbocycles. The first-order valence-electron chi connectivity index (χ1n) is 9.94. The number of carbonyl (C=O) groups is 2. The van der Waals surface area contributed by atoms with Gasteiger partial charge in [0.25, 0.3) is 0 Å². The van der Waals surface area contributed by atoms with Crippen LogP contribution in [-0.4, -0.2) is 30.0 Å². The van der Waals surface area contributed by atoms with E-state index in [4.69, 9.17) is 13.9 Å². The number of rotatable bonds is 8. The number of ketones is 1. The van der Waals surface area contributed by atoms with Gasteiger partial charge in [-0.1, -0.05) is 13.3 Å². The molecule has 0 radical (unpaired) electrons. The van der Waals surface area contributed by atoms with Crippen LogP contribution in [-0.2, 0) is 11.2 Å². The Labute approximate surface area is 174 Å². The highest BCUT2D eigenvalue weighted by atomic mass is 16.5. The molecule has 2 heterocycles. The molecule has 0 aliphatic rings. The molecule has 0 unspecified atom stereocenters. The largest absolute Gasteiger partial charge is 0.485 e. The Morgan fingerprint density at radius 3 is 2.60 bits per heavy atom. The molecule has 0 fully saturated rings. The van der Waals surface area contributed by atoms with E-state index < -0.39 is 11.6 Å². The SMILES string of the molecule is CCCc1cc(=O)oc2cc(OCC(=O)c3c(C)[nH]c(C(=O)OCC)c3C)ccc12. The molecule has 0 atom stereocenters. The van der Waals surface area contributed by atoms with Crippen molar-refractivity contribution in [3.63, 3.8) is 0 Å². The number of hydrogen-bond donors (Lipinski definition) is 1. The Morgan fingerprint density at radius 1 is 1.13 bits per heavy atom. The van der Waals surface area contributed by atoms with Crippen molar-refractivity contribution in [3.05, 3.63) is 62.8 Å². The monoisotopic (exact) mass is 411 g/mol. The number of hydrogen-bond acceptors (Lipinski definition) is 6. The van der Waals surface area contributed by atoms with Gasteiger partial charge in [-0.15, -0.1) is 0 Å². The van der Waals surface area contributed by atoms with Crippen LogP contribution in [0, 0.1) is 13.8 Å². The summed E-state index contributed by atoms with van der Waals surface area (Å²) in [5.41, 5.74) is 2.74. The van der Waals surface area contributed by atoms with Gasteiger partial charge in [0, 0.05) is 28.8 Å². The van der Waals surface area contributed by atoms with E-state index in [1.807, 2.05) is 13.0 Å². The second kappa shape index (κ2) is 8.98. The fourth-order valence-electron chi connectivity index (χ4n) is 3.57. The van der Waals surface area contributed by atoms with E-state index in [0.29, 0.717) is 28.2 Å². The summed E-state index contributed by atoms with van der Waals surface area (Å²) in [5, 5.41) is 0.853. The van der Waals surface area contributed by atoms with Gasteiger partial charge in [-0.25, -0.2) is 9.59 Å². The van der Waals surface area contributed by atoms with Gasteiger partial charge in [0.1, 0.15) is 17.0 Å². The highest BCUT2D eigenvalue weighted by Gasteiger charge is 2.23. The van der Waals surface area contributed by atoms with Gasteiger partial charge < -0.3 is 18.9 Å². The first-order valence-corrected chi connectivity index (χ1v) is 9.94. The van der Waals surface area contributed by atoms with Crippen molar-refractivity contribution >= 4 is 22.7 Å². The highest BCUT2D eigenvalue weighted by Crippen LogP contribution is 2.24. The summed E-state index contributed by atoms with van der Waals surface area (Å²) in [6.45, 7) is 7.22. The number of aryl methyl sites for hydroxylation is 2. The van der Waals surface area contributed by atoms with E-state index in [1.54, 1.807) is 32.9 Å². The van der Waals surface area contributed by atoms with Crippen LogP contribution in [0.2, 0.25) is 0 Å². The van der Waals surface area contributed by atoms with Crippen LogP contribution in [0.5, 0.6) is 5.75 Å². The molecule has 0 amide bonds. The average molecular weight is 411 g/mol. The zero-order valence-corrected chi connectivity index (χ0v) is 17.6. The molecule has 7 nitrogen and oxygen atoms in total. The summed E-state index contributed by atoms with van der Waals surface area (Å²) in [6.07, 6.45) is 1.68. The molecule has 1 N–H and O–H groups in total. The average Bonchev–Trinajstić information content (AvgIpc) is 3.00. The van der Waals surface area contributed by atoms with Crippen molar-refractivity contribution in [2.45, 2.75) is 40.5 Å². The van der Waals surface area contributed by atoms with Crippen LogP contribution in [0.4, 0.5) is 0 Å². The van der Waals surface area contributed by atoms with Gasteiger partial charge >= 0.3 is 11.6 Å². The molecular weight excluding hydrogens is 386 g/mol. The predicted octanol–water partition coefficient (Wildman–Crippen LogP) is 4.13. The van der Waals surface area contributed by atoms with Crippen LogP contribution in [0.25, 0.3) is 11.0 Å². The van der Waals surface area contributed by atoms with E-state index in [9.17, 15) is 14.4 Å². The van der Waals surface area contributed by atoms with Gasteiger partial charge in [-0.3, -0.25) is 4.79 Å². The van der Waals surface area contributed by atoms with E-state index in [0.717, 1.165) is 23.8 Å². The Balaban J connectivity index is 1.80. The maximum atomic E-state index is 12.7. The van der Waals surface area contributed by atoms with Crippen LogP contribution in [0.15, 0.2) is 33.5 Å². The lowest BCUT2D eigenvalue weighted by molar-refractivity contribution is 0.0519. The standard InChI is InChI=1S/C23H25NO6/c1-5-7-15-10-20(26)30-19-11-16(8-9-17(15)19)29-12-18(25)21-13(3)22(24-14(21)4)23(27)28-6-2/h8-11,24H,5-7,12H2,1-4H3. The van der Waals surface area contributed by atoms with Gasteiger partial charge in [0.05, 0.1) is 6.61 Å². The molecule has 158 valence electrons. The second-order valence-corrected chi connectivity index (χ2v) is 7.06. The fourth-order valence-corrected chi connectivity index (χ4v) is 3.57. The van der Waals surface area contributed by atoms with Crippen LogP contribution in [0.3, 0.4) is 0 Å². The summed E-state index contributed by atoms with van der Waals surface area (Å²) < 4.78 is 16.0. The summed E-state index contributed by atoms with van der Waals surface area (Å²) in [6, 6.07) is 6.70. The maximum Gasteiger partial charge on any atom is 0.355 e. The molecule has 3 aromatic rings. The minimum absolute atomic E-state index is 0.216. The Bertz CT molecular complexity index is 1150. The van der Waals surface area contributed by atoms with Crippen LogP contribution < -0.4 is 10.4 Å². The number of benzene rings is 1. The van der Waals surface area contributed by atoms with E-state index in [1.165, 1.54) is 6.07 Å². The van der Waals surface area contributed by atoms with Gasteiger partial charge in [-0.2, -0.15) is 0 Å². The van der Waals surface area contributed by atoms with Crippen LogP contribution in [0.1, 0.15) is 57.9 Å². The van der Waals surface area contributed by atoms with Crippen molar-refractivity contribution in [1.82, 2.24) is 4.98 Å². The first kappa shape index (κ1) is 21.4. The molecule has 0 spiro atoms. The van der Waals surface area contributed by atoms with Crippen molar-refractivity contribution in [1.29, 1.82) is 0 Å². The number of aromatic amines is 1. The van der Waals surface area contributed by atoms with Crippen molar-refractivity contribution < 1.29 is 23.5 Å². The van der Waals surface area contributed by atoms with Crippen molar-refractivity contribution in [2.24, 2.45) is 0 Å². The normalized spacial score (nSPS) is 10.9. The molecule has 0 bridgehead atoms. The first-order chi connectivity index (χ1) is 14.3. The number of ether oxygens (including phenoxy) is 2. The number of esters is 1. The lowest BCUT2D eigenvalue weighted by Gasteiger charge is -2.09. The van der Waals surface area contributed by atoms with Gasteiger partial charge in [0.2, 0.25) is 5.78 Å². The zero-order chi connectivity index (χ0) is 21.8. The number of carbonyl (C=O) groups excluding carboxylic acids is 2. The van der Waals surface area contributed by atoms with Gasteiger partial charge in [0.15, 0.2) is 6.61 Å². The fraction of sp³-hybridized carbons (Fsp3) is 0.348. The summed E-state index contributed by atoms with van der Waals surface area (Å²) in [7, 11) is 0. The lowest BCUT2D eigenvalue weighted by atomic mass is 10.1. The van der Waals surface area contributed by atoms with Crippen molar-refractivity contribution in [2.75, 3.05) is 13.2 Å². The quantitative estimate of drug-likeness (QED) is 0.340. The van der Waals surface area contributed by atoms with Crippen LogP contribution >= 0.6 is 0 Å². The minimum Gasteiger partial charge on any atom is -0.485 e. The third-order valence-electron chi connectivity index (χ3n) is 4.89. The third kappa shape index (κ3) is 4.30. The predicted molar refractivity (Wildman–Crippen MR) is 113 cm³/mol. The zero-order valence-electron chi connectivity index (χ0n) is 17.6. The topological polar surface area (TPSA) is 98.6 Å². The summed E-state index contributed by atoms with van der Waals surface area (Å²) in [4.78, 5) is 39.5. The Kier molecular flexibility index (Phi) is 6.40. The lowest BCUT2D eigenvalue weighted by Crippen LogP contribution is -2.14. The van der Waals surface area contributed by atoms with E-state index in [2.05, 4.69) is 4.98 Å². The highest BCUT2D eigenvalue weighted by molar-refractivity contribution is 6.03. The smallest absolute Gasteiger partial charge is 0.355 e. The summed E-state index contributed by atoms with van der Waals surface area (Å²) >= 11 is 0. The molecular formula is C23H25NO6. The second-order valence-electron chi connectivity index (χ2n) is 7.06. The molecule has 2 aromatic heterocycles. The number of nitrogens with one attached hydrogen (secondary N) is 1. The number of aromatic nitrogens is 1. The number of Topliss-reactive ketones (excluding diaryl/α,β-unsaturated/α-hetero) is 1. The van der Waals surface area contributed by atoms with E-state index in [-0.39, 0.29) is 24.7 Å². The van der Waals surface area contributed by atoms with Gasteiger partial charge in [-0.05, 0) is 50.5 Å². The molecule has 0 saturated heterocycles. The molecule has 0 aliphatic carbocycles. The molecule has 30 heavy (non-hydrogen) atoms. The van der Waals surface area contributed by atoms with Crippen molar-refractivity contribution in [3.8, 4) is 5.75 Å². The summed E-state index contributed by atoms with van der Waals surface area (Å²) in [5.74, 6) is -0.340. The minimum atomic E-state index is -0.495. The molecule has 7 heteroatoms. The molecule has 3 rings (SSSR count). The van der Waals surface area contributed by atoms with E-state index >= 15 is 0 Å². The third-order valence-corrected chi connectivity index (χ3v) is 4.89.